The number of hydrogen-bond donors (Lipinski definition) is 2. The van der Waals surface area contributed by atoms with Gasteiger partial charge in [-0.15, -0.1) is 0 Å². The van der Waals surface area contributed by atoms with Crippen LogP contribution in [0.15, 0.2) is 146 Å². The molecule has 310 valence electrons. The molecule has 2 N–H and O–H groups in total. The molecular weight excluding hydrogens is 693 g/mol. The van der Waals surface area contributed by atoms with Gasteiger partial charge in [-0.1, -0.05) is 160 Å². The van der Waals surface area contributed by atoms with E-state index in [1.807, 2.05) is 0 Å². The van der Waals surface area contributed by atoms with Gasteiger partial charge in [-0.05, 0) is 89.9 Å². The first kappa shape index (κ1) is 51.7. The topological polar surface area (TPSA) is 76.7 Å². The maximum absolute atomic E-state index is 12.0. The van der Waals surface area contributed by atoms with Crippen molar-refractivity contribution in [2.45, 2.75) is 117 Å². The fraction of sp³-hybridized carbons (Fsp3) is 0.480. The molecule has 0 aromatic heterocycles. The van der Waals surface area contributed by atoms with Gasteiger partial charge in [0.2, 0.25) is 11.8 Å². The average molecular weight is 769 g/mol. The summed E-state index contributed by atoms with van der Waals surface area (Å²) in [5, 5.41) is 5.77. The Morgan fingerprint density at radius 1 is 0.339 bits per heavy atom. The number of rotatable bonds is 37. The Hall–Kier alpha value is -4.26. The highest BCUT2D eigenvalue weighted by molar-refractivity contribution is 5.76. The third-order valence-electron chi connectivity index (χ3n) is 7.78. The first-order valence-corrected chi connectivity index (χ1v) is 21.2. The second kappa shape index (κ2) is 46.9. The lowest BCUT2D eigenvalue weighted by atomic mass is 10.2. The molecule has 0 aliphatic carbocycles. The molecule has 0 unspecified atom stereocenters. The van der Waals surface area contributed by atoms with E-state index < -0.39 is 0 Å². The zero-order valence-corrected chi connectivity index (χ0v) is 35.0. The van der Waals surface area contributed by atoms with Crippen molar-refractivity contribution in [3.05, 3.63) is 146 Å². The molecule has 0 aliphatic heterocycles. The average Bonchev–Trinajstić information content (AvgIpc) is 3.20. The summed E-state index contributed by atoms with van der Waals surface area (Å²) in [7, 11) is 0. The Morgan fingerprint density at radius 2 is 0.571 bits per heavy atom. The number of amides is 2. The SMILES string of the molecule is CC/C=C\C/C=C\C/C=C\C/C=C\C/C=C\C/C=C\CCC(=O)NCCOCCOCCNC(=O)CC/C=C\C/C=C\C/C=C\C/C=C\C/C=C\C/C=C\CC. The first-order chi connectivity index (χ1) is 27.7. The van der Waals surface area contributed by atoms with Gasteiger partial charge in [-0.25, -0.2) is 0 Å². The van der Waals surface area contributed by atoms with Crippen LogP contribution in [0.3, 0.4) is 0 Å². The third kappa shape index (κ3) is 45.9. The van der Waals surface area contributed by atoms with Crippen LogP contribution in [0.5, 0.6) is 0 Å². The Balaban J connectivity index is 3.55. The molecule has 0 aromatic rings. The second-order valence-corrected chi connectivity index (χ2v) is 12.8. The van der Waals surface area contributed by atoms with Gasteiger partial charge in [-0.3, -0.25) is 9.59 Å². The number of carbonyl (C=O) groups is 2. The van der Waals surface area contributed by atoms with E-state index in [1.165, 1.54) is 0 Å². The zero-order chi connectivity index (χ0) is 40.5. The quantitative estimate of drug-likeness (QED) is 0.0487. The van der Waals surface area contributed by atoms with Crippen molar-refractivity contribution in [2.24, 2.45) is 0 Å². The maximum Gasteiger partial charge on any atom is 0.220 e. The Bertz CT molecular complexity index is 1180. The summed E-state index contributed by atoms with van der Waals surface area (Å²) in [5.41, 5.74) is 0. The number of nitrogens with one attached hydrogen (secondary N) is 2. The molecule has 0 saturated heterocycles. The summed E-state index contributed by atoms with van der Waals surface area (Å²) in [4.78, 5) is 24.0. The normalized spacial score (nSPS) is 13.1. The van der Waals surface area contributed by atoms with E-state index in [2.05, 4.69) is 170 Å². The maximum atomic E-state index is 12.0. The van der Waals surface area contributed by atoms with Crippen LogP contribution < -0.4 is 10.6 Å². The molecule has 0 aliphatic rings. The van der Waals surface area contributed by atoms with Gasteiger partial charge < -0.3 is 20.1 Å². The Labute approximate surface area is 342 Å². The van der Waals surface area contributed by atoms with Crippen molar-refractivity contribution in [1.82, 2.24) is 10.6 Å². The van der Waals surface area contributed by atoms with Crippen LogP contribution in [0.1, 0.15) is 117 Å². The largest absolute Gasteiger partial charge is 0.377 e. The highest BCUT2D eigenvalue weighted by Gasteiger charge is 2.00. The first-order valence-electron chi connectivity index (χ1n) is 21.2. The van der Waals surface area contributed by atoms with Gasteiger partial charge >= 0.3 is 0 Å². The molecule has 0 rings (SSSR count). The molecule has 0 saturated carbocycles. The van der Waals surface area contributed by atoms with Crippen molar-refractivity contribution in [2.75, 3.05) is 39.5 Å². The second-order valence-electron chi connectivity index (χ2n) is 12.8. The van der Waals surface area contributed by atoms with E-state index in [0.717, 1.165) is 89.9 Å². The van der Waals surface area contributed by atoms with E-state index in [1.54, 1.807) is 0 Å². The smallest absolute Gasteiger partial charge is 0.220 e. The van der Waals surface area contributed by atoms with Crippen molar-refractivity contribution in [1.29, 1.82) is 0 Å². The Morgan fingerprint density at radius 3 is 0.821 bits per heavy atom. The number of carbonyl (C=O) groups excluding carboxylic acids is 2. The molecule has 0 atom stereocenters. The highest BCUT2D eigenvalue weighted by atomic mass is 16.5. The van der Waals surface area contributed by atoms with Crippen LogP contribution in [0, 0.1) is 0 Å². The molecule has 0 radical (unpaired) electrons. The van der Waals surface area contributed by atoms with E-state index in [-0.39, 0.29) is 11.8 Å². The van der Waals surface area contributed by atoms with Crippen LogP contribution in [0.2, 0.25) is 0 Å². The molecule has 0 aromatic carbocycles. The zero-order valence-electron chi connectivity index (χ0n) is 35.0. The molecule has 0 bridgehead atoms. The predicted molar refractivity (Wildman–Crippen MR) is 243 cm³/mol. The van der Waals surface area contributed by atoms with Crippen molar-refractivity contribution < 1.29 is 19.1 Å². The van der Waals surface area contributed by atoms with Gasteiger partial charge in [0.05, 0.1) is 26.4 Å². The van der Waals surface area contributed by atoms with E-state index in [9.17, 15) is 9.59 Å². The molecule has 56 heavy (non-hydrogen) atoms. The summed E-state index contributed by atoms with van der Waals surface area (Å²) in [6, 6.07) is 0. The third-order valence-corrected chi connectivity index (χ3v) is 7.78. The van der Waals surface area contributed by atoms with E-state index >= 15 is 0 Å². The van der Waals surface area contributed by atoms with Gasteiger partial charge in [0.1, 0.15) is 0 Å². The number of ether oxygens (including phenoxy) is 2. The number of hydrogen-bond acceptors (Lipinski definition) is 4. The van der Waals surface area contributed by atoms with Crippen molar-refractivity contribution >= 4 is 11.8 Å². The lowest BCUT2D eigenvalue weighted by molar-refractivity contribution is -0.122. The molecular formula is C50H76N2O4. The van der Waals surface area contributed by atoms with E-state index in [0.29, 0.717) is 52.4 Å². The van der Waals surface area contributed by atoms with Gasteiger partial charge in [-0.2, -0.15) is 0 Å². The van der Waals surface area contributed by atoms with Crippen LogP contribution in [-0.4, -0.2) is 51.3 Å². The molecule has 2 amide bonds. The minimum atomic E-state index is 0.0286. The minimum Gasteiger partial charge on any atom is -0.377 e. The van der Waals surface area contributed by atoms with Crippen LogP contribution in [0.25, 0.3) is 0 Å². The molecule has 6 heteroatoms. The minimum absolute atomic E-state index is 0.0286. The highest BCUT2D eigenvalue weighted by Crippen LogP contribution is 2.00. The summed E-state index contributed by atoms with van der Waals surface area (Å²) >= 11 is 0. The van der Waals surface area contributed by atoms with E-state index in [4.69, 9.17) is 9.47 Å². The molecule has 0 spiro atoms. The summed E-state index contributed by atoms with van der Waals surface area (Å²) in [6.45, 7) is 7.06. The summed E-state index contributed by atoms with van der Waals surface area (Å²) < 4.78 is 11.0. The monoisotopic (exact) mass is 769 g/mol. The lowest BCUT2D eigenvalue weighted by Crippen LogP contribution is -2.28. The standard InChI is InChI=1S/C50H76N2O4/c1-3-5-7-9-11-13-15-17-19-21-23-25-27-29-31-33-35-37-39-41-49(53)51-43-45-55-47-48-56-46-44-52-50(54)42-40-38-36-34-32-30-28-26-24-22-20-18-16-14-12-10-8-6-4-2/h5-8,11-14,17-20,23-26,29-32,35-38H,3-4,9-10,15-16,21-22,27-28,33-34,39-48H2,1-2H3,(H,51,53)(H,52,54)/b7-5-,8-6-,13-11-,14-12-,19-17-,20-18-,25-23-,26-24-,31-29-,32-30-,37-35-,38-36-. The van der Waals surface area contributed by atoms with Gasteiger partial charge in [0, 0.05) is 25.9 Å². The van der Waals surface area contributed by atoms with Crippen LogP contribution >= 0.6 is 0 Å². The van der Waals surface area contributed by atoms with Crippen LogP contribution in [0.4, 0.5) is 0 Å². The molecule has 0 fully saturated rings. The summed E-state index contributed by atoms with van der Waals surface area (Å²) in [5.74, 6) is 0.0573. The van der Waals surface area contributed by atoms with Gasteiger partial charge in [0.25, 0.3) is 0 Å². The molecule has 0 heterocycles. The van der Waals surface area contributed by atoms with Crippen LogP contribution in [-0.2, 0) is 19.1 Å². The Kier molecular flexibility index (Phi) is 43.3. The fourth-order valence-electron chi connectivity index (χ4n) is 4.73. The lowest BCUT2D eigenvalue weighted by Gasteiger charge is -2.08. The summed E-state index contributed by atoms with van der Waals surface area (Å²) in [6.07, 6.45) is 66.4. The van der Waals surface area contributed by atoms with Crippen molar-refractivity contribution in [3.63, 3.8) is 0 Å². The predicted octanol–water partition coefficient (Wildman–Crippen LogP) is 12.2. The number of allylic oxidation sites excluding steroid dienone is 24. The molecule has 6 nitrogen and oxygen atoms in total. The fourth-order valence-corrected chi connectivity index (χ4v) is 4.73. The van der Waals surface area contributed by atoms with Gasteiger partial charge in [0.15, 0.2) is 0 Å². The van der Waals surface area contributed by atoms with Crippen molar-refractivity contribution in [3.8, 4) is 0 Å².